The quantitative estimate of drug-likeness (QED) is 0.696. The van der Waals surface area contributed by atoms with Crippen LogP contribution < -0.4 is 10.1 Å². The van der Waals surface area contributed by atoms with Crippen molar-refractivity contribution in [3.8, 4) is 5.75 Å². The maximum Gasteiger partial charge on any atom is 0.253 e. The molecule has 2 aromatic rings. The highest BCUT2D eigenvalue weighted by Gasteiger charge is 2.23. The van der Waals surface area contributed by atoms with Gasteiger partial charge < -0.3 is 15.0 Å². The Balaban J connectivity index is 1.34. The molecule has 154 valence electrons. The summed E-state index contributed by atoms with van der Waals surface area (Å²) in [6, 6.07) is 17.4. The van der Waals surface area contributed by atoms with Crippen LogP contribution in [0.4, 0.5) is 0 Å². The molecule has 6 heteroatoms. The number of hydrogen-bond acceptors (Lipinski definition) is 4. The number of amides is 2. The van der Waals surface area contributed by atoms with E-state index in [0.717, 1.165) is 17.7 Å². The normalized spacial score (nSPS) is 14.4. The van der Waals surface area contributed by atoms with Crippen molar-refractivity contribution in [3.63, 3.8) is 0 Å². The van der Waals surface area contributed by atoms with E-state index < -0.39 is 0 Å². The molecule has 1 heterocycles. The van der Waals surface area contributed by atoms with Gasteiger partial charge in [-0.3, -0.25) is 14.5 Å². The van der Waals surface area contributed by atoms with Crippen molar-refractivity contribution < 1.29 is 14.3 Å². The van der Waals surface area contributed by atoms with Crippen molar-refractivity contribution >= 4 is 11.8 Å². The minimum absolute atomic E-state index is 0.0170. The van der Waals surface area contributed by atoms with E-state index in [-0.39, 0.29) is 11.8 Å². The fourth-order valence-electron chi connectivity index (χ4n) is 3.31. The number of carbonyl (C=O) groups is 2. The summed E-state index contributed by atoms with van der Waals surface area (Å²) in [5.74, 6) is 0.846. The number of nitrogens with zero attached hydrogens (tertiary/aromatic N) is 2. The first-order chi connectivity index (χ1) is 14.2. The Morgan fingerprint density at radius 1 is 0.966 bits per heavy atom. The lowest BCUT2D eigenvalue weighted by atomic mass is 10.1. The van der Waals surface area contributed by atoms with Crippen LogP contribution in [0.15, 0.2) is 54.6 Å². The maximum atomic E-state index is 12.6. The first-order valence-corrected chi connectivity index (χ1v) is 10.2. The molecule has 0 spiro atoms. The number of rotatable bonds is 8. The van der Waals surface area contributed by atoms with Gasteiger partial charge in [-0.2, -0.15) is 0 Å². The Bertz CT molecular complexity index is 785. The smallest absolute Gasteiger partial charge is 0.253 e. The van der Waals surface area contributed by atoms with Gasteiger partial charge >= 0.3 is 0 Å². The fraction of sp³-hybridized carbons (Fsp3) is 0.391. The lowest BCUT2D eigenvalue weighted by molar-refractivity contribution is -0.122. The molecule has 0 radical (unpaired) electrons. The Kier molecular flexibility index (Phi) is 7.64. The molecule has 0 aromatic heterocycles. The van der Waals surface area contributed by atoms with Crippen LogP contribution in [-0.2, 0) is 11.2 Å². The molecule has 1 saturated heterocycles. The summed E-state index contributed by atoms with van der Waals surface area (Å²) in [6.45, 7) is 6.03. The molecule has 1 aliphatic heterocycles. The molecule has 0 atom stereocenters. The Labute approximate surface area is 172 Å². The van der Waals surface area contributed by atoms with Crippen molar-refractivity contribution in [2.75, 3.05) is 45.9 Å². The molecular formula is C23H29N3O3. The Hall–Kier alpha value is -2.86. The highest BCUT2D eigenvalue weighted by molar-refractivity contribution is 5.94. The maximum absolute atomic E-state index is 12.6. The molecule has 0 bridgehead atoms. The number of nitrogens with one attached hydrogen (secondary N) is 1. The third kappa shape index (κ3) is 6.32. The first kappa shape index (κ1) is 20.9. The predicted octanol–water partition coefficient (Wildman–Crippen LogP) is 2.20. The minimum atomic E-state index is -0.0170. The number of aryl methyl sites for hydroxylation is 1. The zero-order chi connectivity index (χ0) is 20.5. The van der Waals surface area contributed by atoms with E-state index in [4.69, 9.17) is 4.74 Å². The van der Waals surface area contributed by atoms with Gasteiger partial charge in [0.05, 0.1) is 13.1 Å². The van der Waals surface area contributed by atoms with E-state index in [1.54, 1.807) is 0 Å². The van der Waals surface area contributed by atoms with Crippen molar-refractivity contribution in [2.45, 2.75) is 13.3 Å². The second-order valence-electron chi connectivity index (χ2n) is 7.13. The number of hydrogen-bond donors (Lipinski definition) is 1. The van der Waals surface area contributed by atoms with Gasteiger partial charge in [-0.25, -0.2) is 0 Å². The van der Waals surface area contributed by atoms with E-state index in [1.807, 2.05) is 59.5 Å². The molecule has 2 aromatic carbocycles. The van der Waals surface area contributed by atoms with E-state index in [2.05, 4.69) is 17.1 Å². The third-order valence-corrected chi connectivity index (χ3v) is 5.07. The highest BCUT2D eigenvalue weighted by atomic mass is 16.5. The number of piperazine rings is 1. The number of carbonyl (C=O) groups excluding carboxylic acids is 2. The topological polar surface area (TPSA) is 61.9 Å². The molecule has 0 aliphatic carbocycles. The molecule has 2 amide bonds. The van der Waals surface area contributed by atoms with Gasteiger partial charge in [-0.1, -0.05) is 37.3 Å². The average Bonchev–Trinajstić information content (AvgIpc) is 2.77. The van der Waals surface area contributed by atoms with E-state index in [0.29, 0.717) is 45.9 Å². The van der Waals surface area contributed by atoms with Crippen molar-refractivity contribution in [2.24, 2.45) is 0 Å². The van der Waals surface area contributed by atoms with Crippen LogP contribution in [-0.4, -0.2) is 67.5 Å². The third-order valence-electron chi connectivity index (χ3n) is 5.07. The van der Waals surface area contributed by atoms with Gasteiger partial charge in [-0.15, -0.1) is 0 Å². The standard InChI is InChI=1S/C23H29N3O3/c1-2-19-8-10-20(11-9-19)23(28)26-15-13-25(14-16-26)18-22(27)24-12-17-29-21-6-4-3-5-7-21/h3-11H,2,12-18H2,1H3,(H,24,27). The summed E-state index contributed by atoms with van der Waals surface area (Å²) in [7, 11) is 0. The molecular weight excluding hydrogens is 366 g/mol. The number of ether oxygens (including phenoxy) is 1. The Morgan fingerprint density at radius 3 is 2.31 bits per heavy atom. The zero-order valence-corrected chi connectivity index (χ0v) is 17.0. The Morgan fingerprint density at radius 2 is 1.66 bits per heavy atom. The lowest BCUT2D eigenvalue weighted by Gasteiger charge is -2.34. The first-order valence-electron chi connectivity index (χ1n) is 10.2. The highest BCUT2D eigenvalue weighted by Crippen LogP contribution is 2.11. The zero-order valence-electron chi connectivity index (χ0n) is 17.0. The molecule has 1 fully saturated rings. The largest absolute Gasteiger partial charge is 0.492 e. The van der Waals surface area contributed by atoms with E-state index in [9.17, 15) is 9.59 Å². The summed E-state index contributed by atoms with van der Waals surface area (Å²) in [5, 5.41) is 2.88. The molecule has 0 unspecified atom stereocenters. The van der Waals surface area contributed by atoms with Crippen molar-refractivity contribution in [3.05, 3.63) is 65.7 Å². The van der Waals surface area contributed by atoms with Crippen molar-refractivity contribution in [1.82, 2.24) is 15.1 Å². The van der Waals surface area contributed by atoms with Crippen LogP contribution >= 0.6 is 0 Å². The van der Waals surface area contributed by atoms with Crippen LogP contribution in [0.25, 0.3) is 0 Å². The average molecular weight is 396 g/mol. The van der Waals surface area contributed by atoms with Gasteiger partial charge in [0.25, 0.3) is 5.91 Å². The second kappa shape index (κ2) is 10.6. The number of para-hydroxylation sites is 1. The van der Waals surface area contributed by atoms with Crippen LogP contribution in [0.1, 0.15) is 22.8 Å². The van der Waals surface area contributed by atoms with Gasteiger partial charge in [0.1, 0.15) is 12.4 Å². The summed E-state index contributed by atoms with van der Waals surface area (Å²) < 4.78 is 5.57. The van der Waals surface area contributed by atoms with Gasteiger partial charge in [0.2, 0.25) is 5.91 Å². The van der Waals surface area contributed by atoms with Gasteiger partial charge in [-0.05, 0) is 36.2 Å². The molecule has 29 heavy (non-hydrogen) atoms. The summed E-state index contributed by atoms with van der Waals surface area (Å²) in [4.78, 5) is 28.7. The summed E-state index contributed by atoms with van der Waals surface area (Å²) in [5.41, 5.74) is 1.96. The lowest BCUT2D eigenvalue weighted by Crippen LogP contribution is -2.51. The molecule has 6 nitrogen and oxygen atoms in total. The molecule has 0 saturated carbocycles. The van der Waals surface area contributed by atoms with Crippen LogP contribution in [0.3, 0.4) is 0 Å². The predicted molar refractivity (Wildman–Crippen MR) is 113 cm³/mol. The fourth-order valence-corrected chi connectivity index (χ4v) is 3.31. The summed E-state index contributed by atoms with van der Waals surface area (Å²) in [6.07, 6.45) is 0.966. The van der Waals surface area contributed by atoms with Gasteiger partial charge in [0.15, 0.2) is 0 Å². The SMILES string of the molecule is CCc1ccc(C(=O)N2CCN(CC(=O)NCCOc3ccccc3)CC2)cc1. The van der Waals surface area contributed by atoms with E-state index in [1.165, 1.54) is 5.56 Å². The second-order valence-corrected chi connectivity index (χ2v) is 7.13. The molecule has 1 aliphatic rings. The summed E-state index contributed by atoms with van der Waals surface area (Å²) >= 11 is 0. The molecule has 3 rings (SSSR count). The van der Waals surface area contributed by atoms with Crippen LogP contribution in [0.5, 0.6) is 5.75 Å². The van der Waals surface area contributed by atoms with Gasteiger partial charge in [0, 0.05) is 31.7 Å². The van der Waals surface area contributed by atoms with Crippen LogP contribution in [0.2, 0.25) is 0 Å². The number of benzene rings is 2. The van der Waals surface area contributed by atoms with Crippen molar-refractivity contribution in [1.29, 1.82) is 0 Å². The van der Waals surface area contributed by atoms with Crippen LogP contribution in [0, 0.1) is 0 Å². The van der Waals surface area contributed by atoms with E-state index >= 15 is 0 Å². The minimum Gasteiger partial charge on any atom is -0.492 e. The molecule has 1 N–H and O–H groups in total. The monoisotopic (exact) mass is 395 g/mol.